The third kappa shape index (κ3) is 2.52. The Morgan fingerprint density at radius 2 is 2.18 bits per heavy atom. The first-order valence-corrected chi connectivity index (χ1v) is 6.98. The first-order valence-electron chi connectivity index (χ1n) is 6.98. The van der Waals surface area contributed by atoms with Crippen molar-refractivity contribution in [2.45, 2.75) is 51.0 Å². The van der Waals surface area contributed by atoms with Gasteiger partial charge in [0, 0.05) is 18.4 Å². The summed E-state index contributed by atoms with van der Waals surface area (Å²) in [5.74, 6) is 1.58. The van der Waals surface area contributed by atoms with Crippen molar-refractivity contribution in [1.29, 1.82) is 0 Å². The van der Waals surface area contributed by atoms with E-state index in [0.29, 0.717) is 0 Å². The van der Waals surface area contributed by atoms with Crippen LogP contribution in [0.1, 0.15) is 49.1 Å². The largest absolute Gasteiger partial charge is 0.314 e. The molecule has 0 aliphatic heterocycles. The van der Waals surface area contributed by atoms with Crippen LogP contribution < -0.4 is 5.32 Å². The Morgan fingerprint density at radius 1 is 1.29 bits per heavy atom. The molecule has 0 aromatic carbocycles. The first kappa shape index (κ1) is 11.2. The maximum absolute atomic E-state index is 4.31. The number of aryl methyl sites for hydroxylation is 1. The molecule has 2 fully saturated rings. The van der Waals surface area contributed by atoms with Gasteiger partial charge in [-0.1, -0.05) is 6.42 Å². The Bertz CT molecular complexity index is 384. The molecule has 2 aliphatic carbocycles. The summed E-state index contributed by atoms with van der Waals surface area (Å²) in [4.78, 5) is 4.31. The van der Waals surface area contributed by atoms with Crippen LogP contribution in [0.5, 0.6) is 0 Å². The van der Waals surface area contributed by atoms with Crippen molar-refractivity contribution in [3.8, 4) is 0 Å². The molecule has 1 heterocycles. The van der Waals surface area contributed by atoms with E-state index in [0.717, 1.165) is 17.9 Å². The number of hydrogen-bond donors (Lipinski definition) is 1. The summed E-state index contributed by atoms with van der Waals surface area (Å²) in [5.41, 5.74) is 2.91. The number of rotatable bonds is 4. The number of hydrogen-bond acceptors (Lipinski definition) is 2. The molecule has 1 N–H and O–H groups in total. The van der Waals surface area contributed by atoms with Crippen molar-refractivity contribution in [3.63, 3.8) is 0 Å². The van der Waals surface area contributed by atoms with Gasteiger partial charge in [-0.15, -0.1) is 0 Å². The minimum absolute atomic E-state index is 0.745. The van der Waals surface area contributed by atoms with Gasteiger partial charge in [0.05, 0.1) is 0 Å². The lowest BCUT2D eigenvalue weighted by atomic mass is 9.87. The number of pyridine rings is 1. The van der Waals surface area contributed by atoms with E-state index in [1.807, 2.05) is 6.20 Å². The highest BCUT2D eigenvalue weighted by atomic mass is 14.9. The average Bonchev–Trinajstić information content (AvgIpc) is 3.06. The van der Waals surface area contributed by atoms with Gasteiger partial charge in [-0.2, -0.15) is 0 Å². The molecular weight excluding hydrogens is 208 g/mol. The zero-order valence-electron chi connectivity index (χ0n) is 10.7. The molecule has 1 aromatic heterocycles. The average molecular weight is 230 g/mol. The van der Waals surface area contributed by atoms with Gasteiger partial charge >= 0.3 is 0 Å². The fourth-order valence-corrected chi connectivity index (χ4v) is 3.16. The van der Waals surface area contributed by atoms with Gasteiger partial charge in [-0.05, 0) is 68.2 Å². The van der Waals surface area contributed by atoms with E-state index in [1.54, 1.807) is 0 Å². The van der Waals surface area contributed by atoms with Crippen LogP contribution in [0.25, 0.3) is 0 Å². The van der Waals surface area contributed by atoms with Crippen molar-refractivity contribution in [3.05, 3.63) is 29.6 Å². The standard InChI is InChI=1S/C15H22N2/c1-11-7-8-16-10-15(11)14-4-2-3-12(14)9-17-13-5-6-13/h7-8,10,12-14,17H,2-6,9H2,1H3. The molecule has 3 rings (SSSR count). The number of aromatic nitrogens is 1. The van der Waals surface area contributed by atoms with E-state index in [2.05, 4.69) is 29.5 Å². The molecule has 2 aliphatic rings. The SMILES string of the molecule is Cc1ccncc1C1CCCC1CNC1CC1. The minimum Gasteiger partial charge on any atom is -0.314 e. The molecule has 1 aromatic rings. The lowest BCUT2D eigenvalue weighted by Gasteiger charge is -2.21. The van der Waals surface area contributed by atoms with Gasteiger partial charge < -0.3 is 5.32 Å². The van der Waals surface area contributed by atoms with Gasteiger partial charge in [-0.25, -0.2) is 0 Å². The van der Waals surface area contributed by atoms with Crippen LogP contribution in [-0.2, 0) is 0 Å². The van der Waals surface area contributed by atoms with Gasteiger partial charge in [0.1, 0.15) is 0 Å². The van der Waals surface area contributed by atoms with Crippen LogP contribution in [0.3, 0.4) is 0 Å². The number of nitrogens with one attached hydrogen (secondary N) is 1. The highest BCUT2D eigenvalue weighted by molar-refractivity contribution is 5.27. The van der Waals surface area contributed by atoms with E-state index in [1.165, 1.54) is 49.8 Å². The molecule has 17 heavy (non-hydrogen) atoms. The second-order valence-electron chi connectivity index (χ2n) is 5.71. The molecule has 0 saturated heterocycles. The van der Waals surface area contributed by atoms with Crippen LogP contribution in [0.15, 0.2) is 18.5 Å². The van der Waals surface area contributed by atoms with Crippen LogP contribution >= 0.6 is 0 Å². The lowest BCUT2D eigenvalue weighted by Crippen LogP contribution is -2.26. The normalized spacial score (nSPS) is 28.5. The van der Waals surface area contributed by atoms with Crippen LogP contribution in [0.4, 0.5) is 0 Å². The van der Waals surface area contributed by atoms with Crippen LogP contribution in [-0.4, -0.2) is 17.6 Å². The Labute approximate surface area is 104 Å². The second kappa shape index (κ2) is 4.77. The van der Waals surface area contributed by atoms with Crippen LogP contribution in [0, 0.1) is 12.8 Å². The summed E-state index contributed by atoms with van der Waals surface area (Å²) in [6.07, 6.45) is 10.9. The smallest absolute Gasteiger partial charge is 0.0305 e. The summed E-state index contributed by atoms with van der Waals surface area (Å²) in [6, 6.07) is 2.99. The van der Waals surface area contributed by atoms with E-state index in [9.17, 15) is 0 Å². The number of nitrogens with zero attached hydrogens (tertiary/aromatic N) is 1. The summed E-state index contributed by atoms with van der Waals surface area (Å²) in [7, 11) is 0. The fourth-order valence-electron chi connectivity index (χ4n) is 3.16. The van der Waals surface area contributed by atoms with E-state index < -0.39 is 0 Å². The quantitative estimate of drug-likeness (QED) is 0.860. The summed E-state index contributed by atoms with van der Waals surface area (Å²) in [5, 5.41) is 3.70. The Hall–Kier alpha value is -0.890. The molecule has 2 nitrogen and oxygen atoms in total. The third-order valence-electron chi connectivity index (χ3n) is 4.38. The van der Waals surface area contributed by atoms with E-state index in [-0.39, 0.29) is 0 Å². The molecule has 2 heteroatoms. The predicted octanol–water partition coefficient (Wildman–Crippen LogP) is 3.03. The topological polar surface area (TPSA) is 24.9 Å². The Kier molecular flexibility index (Phi) is 3.15. The van der Waals surface area contributed by atoms with Crippen molar-refractivity contribution in [1.82, 2.24) is 10.3 Å². The molecule has 2 saturated carbocycles. The molecular formula is C15H22N2. The third-order valence-corrected chi connectivity index (χ3v) is 4.38. The lowest BCUT2D eigenvalue weighted by molar-refractivity contribution is 0.441. The molecule has 2 atom stereocenters. The maximum atomic E-state index is 4.31. The van der Waals surface area contributed by atoms with Gasteiger partial charge in [-0.3, -0.25) is 4.98 Å². The van der Waals surface area contributed by atoms with Crippen molar-refractivity contribution < 1.29 is 0 Å². The summed E-state index contributed by atoms with van der Waals surface area (Å²) < 4.78 is 0. The zero-order chi connectivity index (χ0) is 11.7. The van der Waals surface area contributed by atoms with Crippen LogP contribution in [0.2, 0.25) is 0 Å². The van der Waals surface area contributed by atoms with E-state index >= 15 is 0 Å². The maximum Gasteiger partial charge on any atom is 0.0305 e. The zero-order valence-corrected chi connectivity index (χ0v) is 10.7. The van der Waals surface area contributed by atoms with Gasteiger partial charge in [0.25, 0.3) is 0 Å². The monoisotopic (exact) mass is 230 g/mol. The first-order chi connectivity index (χ1) is 8.34. The highest BCUT2D eigenvalue weighted by Gasteiger charge is 2.31. The van der Waals surface area contributed by atoms with Crippen molar-refractivity contribution in [2.24, 2.45) is 5.92 Å². The van der Waals surface area contributed by atoms with Gasteiger partial charge in [0.2, 0.25) is 0 Å². The fraction of sp³-hybridized carbons (Fsp3) is 0.667. The highest BCUT2D eigenvalue weighted by Crippen LogP contribution is 2.40. The molecule has 0 amide bonds. The summed E-state index contributed by atoms with van der Waals surface area (Å²) >= 11 is 0. The Balaban J connectivity index is 1.69. The molecule has 0 bridgehead atoms. The summed E-state index contributed by atoms with van der Waals surface area (Å²) in [6.45, 7) is 3.43. The van der Waals surface area contributed by atoms with Gasteiger partial charge in [0.15, 0.2) is 0 Å². The molecule has 0 radical (unpaired) electrons. The molecule has 92 valence electrons. The van der Waals surface area contributed by atoms with Crippen molar-refractivity contribution >= 4 is 0 Å². The second-order valence-corrected chi connectivity index (χ2v) is 5.71. The Morgan fingerprint density at radius 3 is 2.94 bits per heavy atom. The van der Waals surface area contributed by atoms with E-state index in [4.69, 9.17) is 0 Å². The molecule has 0 spiro atoms. The van der Waals surface area contributed by atoms with Crippen molar-refractivity contribution in [2.75, 3.05) is 6.54 Å². The predicted molar refractivity (Wildman–Crippen MR) is 70.1 cm³/mol. The minimum atomic E-state index is 0.745. The molecule has 2 unspecified atom stereocenters.